The van der Waals surface area contributed by atoms with Crippen molar-refractivity contribution in [3.05, 3.63) is 52.8 Å². The van der Waals surface area contributed by atoms with E-state index in [2.05, 4.69) is 4.98 Å². The molecule has 0 N–H and O–H groups in total. The number of imidazole rings is 1. The van der Waals surface area contributed by atoms with Gasteiger partial charge in [-0.1, -0.05) is 17.7 Å². The molecule has 0 saturated carbocycles. The zero-order chi connectivity index (χ0) is 19.6. The third kappa shape index (κ3) is 4.81. The summed E-state index contributed by atoms with van der Waals surface area (Å²) in [7, 11) is -3.59. The number of nitrogens with zero attached hydrogens (tertiary/aromatic N) is 4. The van der Waals surface area contributed by atoms with Crippen molar-refractivity contribution in [1.29, 1.82) is 0 Å². The van der Waals surface area contributed by atoms with Gasteiger partial charge < -0.3 is 0 Å². The van der Waals surface area contributed by atoms with Crippen LogP contribution in [-0.4, -0.2) is 53.4 Å². The monoisotopic (exact) mass is 422 g/mol. The molecule has 3 rings (SSSR count). The topological polar surface area (TPSA) is 58.4 Å². The Bertz CT molecular complexity index is 899. The van der Waals surface area contributed by atoms with Gasteiger partial charge in [0.2, 0.25) is 10.0 Å². The Morgan fingerprint density at radius 3 is 2.52 bits per heavy atom. The fourth-order valence-corrected chi connectivity index (χ4v) is 4.65. The van der Waals surface area contributed by atoms with Crippen LogP contribution in [-0.2, 0) is 22.3 Å². The molecule has 0 radical (unpaired) electrons. The number of aromatic nitrogens is 2. The average molecular weight is 423 g/mol. The van der Waals surface area contributed by atoms with Crippen LogP contribution in [0.3, 0.4) is 0 Å². The zero-order valence-corrected chi connectivity index (χ0v) is 15.8. The van der Waals surface area contributed by atoms with Gasteiger partial charge in [-0.05, 0) is 17.7 Å². The fourth-order valence-electron chi connectivity index (χ4n) is 2.94. The van der Waals surface area contributed by atoms with E-state index in [0.717, 1.165) is 10.6 Å². The third-order valence-electron chi connectivity index (χ3n) is 4.38. The number of sulfonamides is 1. The SMILES string of the molecule is O=S(=O)(Cc1ccc(F)c(Cl)c1)N1CCN(Cc2nccn2C(F)F)CC1. The van der Waals surface area contributed by atoms with E-state index in [9.17, 15) is 21.6 Å². The summed E-state index contributed by atoms with van der Waals surface area (Å²) in [5.41, 5.74) is 0.405. The molecular formula is C16H18ClF3N4O2S. The molecule has 2 heterocycles. The highest BCUT2D eigenvalue weighted by molar-refractivity contribution is 7.88. The van der Waals surface area contributed by atoms with Crippen LogP contribution in [0.15, 0.2) is 30.6 Å². The van der Waals surface area contributed by atoms with Gasteiger partial charge in [-0.2, -0.15) is 13.1 Å². The van der Waals surface area contributed by atoms with E-state index >= 15 is 0 Å². The lowest BCUT2D eigenvalue weighted by atomic mass is 10.2. The van der Waals surface area contributed by atoms with E-state index in [1.165, 1.54) is 28.8 Å². The Hall–Kier alpha value is -1.62. The van der Waals surface area contributed by atoms with Crippen LogP contribution in [0.2, 0.25) is 5.02 Å². The predicted octanol–water partition coefficient (Wildman–Crippen LogP) is 2.72. The van der Waals surface area contributed by atoms with Crippen molar-refractivity contribution < 1.29 is 21.6 Å². The number of rotatable bonds is 6. The predicted molar refractivity (Wildman–Crippen MR) is 94.4 cm³/mol. The van der Waals surface area contributed by atoms with Crippen LogP contribution in [0.4, 0.5) is 13.2 Å². The standard InChI is InChI=1S/C16H18ClF3N4O2S/c17-13-9-12(1-2-14(13)18)11-27(25,26)23-7-5-22(6-8-23)10-15-21-3-4-24(15)16(19)20/h1-4,9,16H,5-8,10-11H2. The van der Waals surface area contributed by atoms with Gasteiger partial charge in [0.25, 0.3) is 0 Å². The first kappa shape index (κ1) is 20.1. The first-order chi connectivity index (χ1) is 12.8. The van der Waals surface area contributed by atoms with Crippen LogP contribution >= 0.6 is 11.6 Å². The van der Waals surface area contributed by atoms with Crippen molar-refractivity contribution in [1.82, 2.24) is 18.8 Å². The molecule has 0 bridgehead atoms. The normalized spacial score (nSPS) is 16.9. The van der Waals surface area contributed by atoms with Gasteiger partial charge in [-0.15, -0.1) is 0 Å². The molecule has 2 aromatic rings. The van der Waals surface area contributed by atoms with Crippen LogP contribution in [0.25, 0.3) is 0 Å². The molecule has 0 amide bonds. The lowest BCUT2D eigenvalue weighted by molar-refractivity contribution is 0.0626. The molecule has 0 aliphatic carbocycles. The van der Waals surface area contributed by atoms with Crippen molar-refractivity contribution in [3.63, 3.8) is 0 Å². The smallest absolute Gasteiger partial charge is 0.293 e. The van der Waals surface area contributed by atoms with Gasteiger partial charge in [0.15, 0.2) is 0 Å². The second-order valence-electron chi connectivity index (χ2n) is 6.21. The minimum Gasteiger partial charge on any atom is -0.293 e. The highest BCUT2D eigenvalue weighted by Gasteiger charge is 2.28. The summed E-state index contributed by atoms with van der Waals surface area (Å²) in [6.45, 7) is -1.15. The van der Waals surface area contributed by atoms with Gasteiger partial charge in [-0.3, -0.25) is 9.47 Å². The van der Waals surface area contributed by atoms with Crippen molar-refractivity contribution in [3.8, 4) is 0 Å². The summed E-state index contributed by atoms with van der Waals surface area (Å²) < 4.78 is 66.3. The second kappa shape index (κ2) is 8.17. The maximum Gasteiger partial charge on any atom is 0.319 e. The average Bonchev–Trinajstić information content (AvgIpc) is 3.07. The summed E-state index contributed by atoms with van der Waals surface area (Å²) >= 11 is 5.70. The van der Waals surface area contributed by atoms with Crippen LogP contribution in [0.1, 0.15) is 17.9 Å². The summed E-state index contributed by atoms with van der Waals surface area (Å²) in [6.07, 6.45) is 2.53. The van der Waals surface area contributed by atoms with Gasteiger partial charge in [0.05, 0.1) is 17.3 Å². The Balaban J connectivity index is 1.59. The summed E-state index contributed by atoms with van der Waals surface area (Å²) in [6, 6.07) is 3.82. The lowest BCUT2D eigenvalue weighted by Crippen LogP contribution is -2.48. The second-order valence-corrected chi connectivity index (χ2v) is 8.58. The molecular weight excluding hydrogens is 405 g/mol. The highest BCUT2D eigenvalue weighted by atomic mass is 35.5. The molecule has 1 saturated heterocycles. The summed E-state index contributed by atoms with van der Waals surface area (Å²) in [4.78, 5) is 5.81. The fraction of sp³-hybridized carbons (Fsp3) is 0.438. The van der Waals surface area contributed by atoms with Gasteiger partial charge in [-0.25, -0.2) is 17.8 Å². The first-order valence-electron chi connectivity index (χ1n) is 8.20. The van der Waals surface area contributed by atoms with E-state index in [1.807, 2.05) is 4.90 Å². The molecule has 11 heteroatoms. The molecule has 0 spiro atoms. The quantitative estimate of drug-likeness (QED) is 0.718. The maximum atomic E-state index is 13.2. The largest absolute Gasteiger partial charge is 0.319 e. The summed E-state index contributed by atoms with van der Waals surface area (Å²) in [5, 5.41) is -0.123. The summed E-state index contributed by atoms with van der Waals surface area (Å²) in [5.74, 6) is -0.640. The van der Waals surface area contributed by atoms with Gasteiger partial charge in [0, 0.05) is 38.6 Å². The number of alkyl halides is 2. The molecule has 1 aliphatic rings. The molecule has 0 unspecified atom stereocenters. The minimum absolute atomic E-state index is 0.123. The Morgan fingerprint density at radius 2 is 1.89 bits per heavy atom. The molecule has 1 aliphatic heterocycles. The minimum atomic E-state index is -3.59. The molecule has 1 aromatic heterocycles. The van der Waals surface area contributed by atoms with Gasteiger partial charge >= 0.3 is 6.55 Å². The van der Waals surface area contributed by atoms with Crippen molar-refractivity contribution >= 4 is 21.6 Å². The molecule has 6 nitrogen and oxygen atoms in total. The van der Waals surface area contributed by atoms with E-state index in [-0.39, 0.29) is 36.2 Å². The molecule has 0 atom stereocenters. The Morgan fingerprint density at radius 1 is 1.19 bits per heavy atom. The Labute approximate surface area is 160 Å². The number of benzene rings is 1. The molecule has 1 aromatic carbocycles. The van der Waals surface area contributed by atoms with E-state index in [4.69, 9.17) is 11.6 Å². The van der Waals surface area contributed by atoms with E-state index in [0.29, 0.717) is 18.7 Å². The number of halogens is 4. The maximum absolute atomic E-state index is 13.2. The van der Waals surface area contributed by atoms with E-state index in [1.54, 1.807) is 0 Å². The van der Waals surface area contributed by atoms with Gasteiger partial charge in [0.1, 0.15) is 11.6 Å². The molecule has 27 heavy (non-hydrogen) atoms. The number of hydrogen-bond donors (Lipinski definition) is 0. The first-order valence-corrected chi connectivity index (χ1v) is 10.2. The lowest BCUT2D eigenvalue weighted by Gasteiger charge is -2.33. The molecule has 1 fully saturated rings. The van der Waals surface area contributed by atoms with Crippen LogP contribution < -0.4 is 0 Å². The zero-order valence-electron chi connectivity index (χ0n) is 14.2. The Kier molecular flexibility index (Phi) is 6.09. The number of hydrogen-bond acceptors (Lipinski definition) is 4. The van der Waals surface area contributed by atoms with E-state index < -0.39 is 22.4 Å². The highest BCUT2D eigenvalue weighted by Crippen LogP contribution is 2.20. The van der Waals surface area contributed by atoms with Crippen LogP contribution in [0.5, 0.6) is 0 Å². The third-order valence-corrected chi connectivity index (χ3v) is 6.52. The van der Waals surface area contributed by atoms with Crippen LogP contribution in [0, 0.1) is 5.82 Å². The number of piperazine rings is 1. The van der Waals surface area contributed by atoms with Crippen molar-refractivity contribution in [2.75, 3.05) is 26.2 Å². The molecule has 148 valence electrons. The van der Waals surface area contributed by atoms with Crippen molar-refractivity contribution in [2.45, 2.75) is 18.8 Å². The van der Waals surface area contributed by atoms with Crippen molar-refractivity contribution in [2.24, 2.45) is 0 Å².